The molecule has 0 saturated heterocycles. The molecule has 3 aromatic rings. The second-order valence-electron chi connectivity index (χ2n) is 5.38. The fourth-order valence-corrected chi connectivity index (χ4v) is 2.37. The molecule has 3 rings (SSSR count). The molecule has 0 fully saturated rings. The van der Waals surface area contributed by atoms with Crippen LogP contribution in [0.4, 0.5) is 0 Å². The van der Waals surface area contributed by atoms with Gasteiger partial charge < -0.3 is 14.2 Å². The summed E-state index contributed by atoms with van der Waals surface area (Å²) in [7, 11) is 1.61. The summed E-state index contributed by atoms with van der Waals surface area (Å²) in [6, 6.07) is 16.6. The van der Waals surface area contributed by atoms with Gasteiger partial charge in [0.1, 0.15) is 11.5 Å². The van der Waals surface area contributed by atoms with E-state index in [0.717, 1.165) is 11.3 Å². The van der Waals surface area contributed by atoms with E-state index in [0.29, 0.717) is 12.3 Å². The van der Waals surface area contributed by atoms with Crippen molar-refractivity contribution in [3.8, 4) is 17.4 Å². The van der Waals surface area contributed by atoms with Gasteiger partial charge in [0.05, 0.1) is 20.3 Å². The van der Waals surface area contributed by atoms with Crippen molar-refractivity contribution in [2.75, 3.05) is 13.7 Å². The van der Waals surface area contributed by atoms with E-state index in [-0.39, 0.29) is 18.2 Å². The first-order chi connectivity index (χ1) is 12.7. The number of hydrogen-bond donors (Lipinski definition) is 0. The Hall–Kier alpha value is -3.35. The first-order valence-electron chi connectivity index (χ1n) is 8.17. The van der Waals surface area contributed by atoms with Crippen LogP contribution in [0, 0.1) is 0 Å². The summed E-state index contributed by atoms with van der Waals surface area (Å²) in [5, 5.41) is 8.07. The van der Waals surface area contributed by atoms with Crippen molar-refractivity contribution in [3.05, 3.63) is 65.9 Å². The molecule has 0 spiro atoms. The average Bonchev–Trinajstić information content (AvgIpc) is 3.05. The Balaban J connectivity index is 1.89. The zero-order valence-electron chi connectivity index (χ0n) is 14.6. The number of nitrogens with zero attached hydrogens (tertiary/aromatic N) is 3. The normalized spacial score (nSPS) is 10.4. The highest BCUT2D eigenvalue weighted by Gasteiger charge is 2.24. The molecule has 2 aromatic carbocycles. The lowest BCUT2D eigenvalue weighted by Crippen LogP contribution is -2.15. The van der Waals surface area contributed by atoms with Crippen LogP contribution in [-0.4, -0.2) is 34.7 Å². The summed E-state index contributed by atoms with van der Waals surface area (Å²) in [6.07, 6.45) is 0. The van der Waals surface area contributed by atoms with E-state index in [1.165, 1.54) is 4.68 Å². The van der Waals surface area contributed by atoms with Crippen LogP contribution in [0.15, 0.2) is 54.6 Å². The number of carbonyl (C=O) groups is 1. The molecule has 26 heavy (non-hydrogen) atoms. The van der Waals surface area contributed by atoms with Gasteiger partial charge in [-0.15, -0.1) is 0 Å². The zero-order chi connectivity index (χ0) is 18.4. The lowest BCUT2D eigenvalue weighted by atomic mass is 10.2. The highest BCUT2D eigenvalue weighted by molar-refractivity contribution is 5.90. The molecule has 0 unspecified atom stereocenters. The van der Waals surface area contributed by atoms with Crippen molar-refractivity contribution in [2.45, 2.75) is 13.5 Å². The van der Waals surface area contributed by atoms with Crippen molar-refractivity contribution in [1.29, 1.82) is 0 Å². The molecule has 0 aliphatic rings. The van der Waals surface area contributed by atoms with E-state index in [9.17, 15) is 4.79 Å². The van der Waals surface area contributed by atoms with E-state index < -0.39 is 5.97 Å². The van der Waals surface area contributed by atoms with E-state index >= 15 is 0 Å². The minimum atomic E-state index is -0.531. The van der Waals surface area contributed by atoms with E-state index in [2.05, 4.69) is 10.3 Å². The predicted octanol–water partition coefficient (Wildman–Crippen LogP) is 3.30. The Kier molecular flexibility index (Phi) is 5.48. The number of esters is 1. The molecule has 0 aliphatic heterocycles. The van der Waals surface area contributed by atoms with Gasteiger partial charge in [-0.1, -0.05) is 40.6 Å². The van der Waals surface area contributed by atoms with Gasteiger partial charge in [-0.3, -0.25) is 0 Å². The Morgan fingerprint density at radius 1 is 1.04 bits per heavy atom. The highest BCUT2D eigenvalue weighted by atomic mass is 16.5. The number of methoxy groups -OCH3 is 1. The SMILES string of the molecule is CCOC(=O)c1c(Oc2ccccc2)nnn1Cc1ccc(OC)cc1. The lowest BCUT2D eigenvalue weighted by molar-refractivity contribution is 0.0509. The van der Waals surface area contributed by atoms with Gasteiger partial charge in [0, 0.05) is 0 Å². The number of rotatable bonds is 7. The summed E-state index contributed by atoms with van der Waals surface area (Å²) in [4.78, 5) is 12.4. The van der Waals surface area contributed by atoms with Gasteiger partial charge in [0.15, 0.2) is 0 Å². The Morgan fingerprint density at radius 2 is 1.77 bits per heavy atom. The summed E-state index contributed by atoms with van der Waals surface area (Å²) in [5.74, 6) is 0.903. The van der Waals surface area contributed by atoms with Crippen molar-refractivity contribution in [3.63, 3.8) is 0 Å². The molecular weight excluding hydrogens is 334 g/mol. The number of hydrogen-bond acceptors (Lipinski definition) is 6. The third-order valence-corrected chi connectivity index (χ3v) is 3.62. The van der Waals surface area contributed by atoms with Crippen molar-refractivity contribution in [1.82, 2.24) is 15.0 Å². The molecule has 0 amide bonds. The molecule has 134 valence electrons. The Morgan fingerprint density at radius 3 is 2.42 bits per heavy atom. The van der Waals surface area contributed by atoms with E-state index in [1.807, 2.05) is 42.5 Å². The zero-order valence-corrected chi connectivity index (χ0v) is 14.6. The van der Waals surface area contributed by atoms with Crippen LogP contribution in [0.3, 0.4) is 0 Å². The fraction of sp³-hybridized carbons (Fsp3) is 0.211. The largest absolute Gasteiger partial charge is 0.497 e. The third-order valence-electron chi connectivity index (χ3n) is 3.62. The molecule has 0 radical (unpaired) electrons. The summed E-state index contributed by atoms with van der Waals surface area (Å²) >= 11 is 0. The number of para-hydroxylation sites is 1. The standard InChI is InChI=1S/C19H19N3O4/c1-3-25-19(23)17-18(26-16-7-5-4-6-8-16)20-21-22(17)13-14-9-11-15(24-2)12-10-14/h4-12H,3,13H2,1-2H3. The molecule has 0 N–H and O–H groups in total. The third kappa shape index (κ3) is 4.00. The highest BCUT2D eigenvalue weighted by Crippen LogP contribution is 2.24. The maximum Gasteiger partial charge on any atom is 0.362 e. The summed E-state index contributed by atoms with van der Waals surface area (Å²) in [5.41, 5.74) is 1.11. The van der Waals surface area contributed by atoms with Crippen molar-refractivity contribution < 1.29 is 19.0 Å². The molecule has 0 saturated carbocycles. The van der Waals surface area contributed by atoms with E-state index in [1.54, 1.807) is 26.2 Å². The molecule has 0 atom stereocenters. The molecule has 7 nitrogen and oxygen atoms in total. The molecule has 0 bridgehead atoms. The van der Waals surface area contributed by atoms with Crippen LogP contribution in [0.2, 0.25) is 0 Å². The minimum Gasteiger partial charge on any atom is -0.497 e. The van der Waals surface area contributed by atoms with Crippen LogP contribution >= 0.6 is 0 Å². The van der Waals surface area contributed by atoms with Gasteiger partial charge in [-0.05, 0) is 36.8 Å². The van der Waals surface area contributed by atoms with Crippen LogP contribution < -0.4 is 9.47 Å². The second-order valence-corrected chi connectivity index (χ2v) is 5.38. The van der Waals surface area contributed by atoms with Crippen molar-refractivity contribution in [2.24, 2.45) is 0 Å². The monoisotopic (exact) mass is 353 g/mol. The summed E-state index contributed by atoms with van der Waals surface area (Å²) < 4.78 is 17.5. The first-order valence-corrected chi connectivity index (χ1v) is 8.17. The predicted molar refractivity (Wildman–Crippen MR) is 94.6 cm³/mol. The molecule has 1 aromatic heterocycles. The number of carbonyl (C=O) groups excluding carboxylic acids is 1. The van der Waals surface area contributed by atoms with E-state index in [4.69, 9.17) is 14.2 Å². The second kappa shape index (κ2) is 8.15. The van der Waals surface area contributed by atoms with Gasteiger partial charge in [0.2, 0.25) is 5.69 Å². The Labute approximate surface area is 151 Å². The molecule has 1 heterocycles. The van der Waals surface area contributed by atoms with Crippen LogP contribution in [0.1, 0.15) is 23.0 Å². The molecular formula is C19H19N3O4. The van der Waals surface area contributed by atoms with Gasteiger partial charge in [0.25, 0.3) is 5.88 Å². The molecule has 0 aliphatic carbocycles. The van der Waals surface area contributed by atoms with Gasteiger partial charge in [-0.2, -0.15) is 0 Å². The number of benzene rings is 2. The van der Waals surface area contributed by atoms with Crippen LogP contribution in [-0.2, 0) is 11.3 Å². The lowest BCUT2D eigenvalue weighted by Gasteiger charge is -2.08. The topological polar surface area (TPSA) is 75.5 Å². The van der Waals surface area contributed by atoms with Gasteiger partial charge in [-0.25, -0.2) is 9.48 Å². The summed E-state index contributed by atoms with van der Waals surface area (Å²) in [6.45, 7) is 2.34. The Bertz CT molecular complexity index is 860. The minimum absolute atomic E-state index is 0.114. The van der Waals surface area contributed by atoms with Crippen molar-refractivity contribution >= 4 is 5.97 Å². The first kappa shape index (κ1) is 17.5. The van der Waals surface area contributed by atoms with Crippen LogP contribution in [0.5, 0.6) is 17.4 Å². The van der Waals surface area contributed by atoms with Crippen LogP contribution in [0.25, 0.3) is 0 Å². The quantitative estimate of drug-likeness (QED) is 0.607. The number of ether oxygens (including phenoxy) is 3. The van der Waals surface area contributed by atoms with Gasteiger partial charge >= 0.3 is 5.97 Å². The fourth-order valence-electron chi connectivity index (χ4n) is 2.37. The molecule has 7 heteroatoms. The maximum absolute atomic E-state index is 12.4. The average molecular weight is 353 g/mol. The smallest absolute Gasteiger partial charge is 0.362 e. The number of aromatic nitrogens is 3. The maximum atomic E-state index is 12.4.